The molecule has 1 heteroatoms. The molecule has 0 saturated heterocycles. The lowest BCUT2D eigenvalue weighted by Crippen LogP contribution is -2.22. The van der Waals surface area contributed by atoms with Crippen molar-refractivity contribution in [1.29, 1.82) is 0 Å². The van der Waals surface area contributed by atoms with Gasteiger partial charge in [-0.1, -0.05) is 32.0 Å². The van der Waals surface area contributed by atoms with Crippen LogP contribution in [0.15, 0.2) is 24.3 Å². The van der Waals surface area contributed by atoms with Gasteiger partial charge >= 0.3 is 0 Å². The van der Waals surface area contributed by atoms with Gasteiger partial charge in [0.25, 0.3) is 0 Å². The highest BCUT2D eigenvalue weighted by Crippen LogP contribution is 2.39. The van der Waals surface area contributed by atoms with E-state index >= 15 is 0 Å². The zero-order chi connectivity index (χ0) is 11.3. The molecule has 1 nitrogen and oxygen atoms in total. The van der Waals surface area contributed by atoms with Gasteiger partial charge in [0.05, 0.1) is 0 Å². The van der Waals surface area contributed by atoms with Crippen LogP contribution in [0.4, 0.5) is 0 Å². The lowest BCUT2D eigenvalue weighted by molar-refractivity contribution is 0.312. The van der Waals surface area contributed by atoms with E-state index in [4.69, 9.17) is 0 Å². The smallest absolute Gasteiger partial charge is 0.0482 e. The monoisotopic (exact) mass is 213 g/mol. The number of hydrogen-bond acceptors (Lipinski definition) is 0. The third-order valence-corrected chi connectivity index (χ3v) is 4.04. The molecule has 0 radical (unpaired) electrons. The first kappa shape index (κ1) is 9.95. The Kier molecular flexibility index (Phi) is 1.95. The summed E-state index contributed by atoms with van der Waals surface area (Å²) in [7, 11) is 2.21. The molecular formula is C15H19N. The Morgan fingerprint density at radius 1 is 1.19 bits per heavy atom. The van der Waals surface area contributed by atoms with E-state index in [0.717, 1.165) is 0 Å². The van der Waals surface area contributed by atoms with Crippen molar-refractivity contribution in [3.8, 4) is 0 Å². The molecular weight excluding hydrogens is 194 g/mol. The number of benzene rings is 1. The molecule has 0 atom stereocenters. The molecule has 1 aromatic carbocycles. The van der Waals surface area contributed by atoms with Gasteiger partial charge in [0.15, 0.2) is 0 Å². The van der Waals surface area contributed by atoms with E-state index < -0.39 is 0 Å². The molecule has 0 aliphatic heterocycles. The first-order valence-electron chi connectivity index (χ1n) is 6.14. The van der Waals surface area contributed by atoms with E-state index in [1.54, 1.807) is 11.3 Å². The largest absolute Gasteiger partial charge is 0.347 e. The van der Waals surface area contributed by atoms with E-state index in [2.05, 4.69) is 49.7 Å². The van der Waals surface area contributed by atoms with Gasteiger partial charge in [0.1, 0.15) is 0 Å². The van der Waals surface area contributed by atoms with Crippen LogP contribution in [0.3, 0.4) is 0 Å². The summed E-state index contributed by atoms with van der Waals surface area (Å²) in [6.45, 7) is 4.77. The average Bonchev–Trinajstić information content (AvgIpc) is 2.52. The van der Waals surface area contributed by atoms with E-state index in [9.17, 15) is 0 Å². The molecule has 1 aliphatic carbocycles. The zero-order valence-electron chi connectivity index (χ0n) is 10.4. The predicted octanol–water partition coefficient (Wildman–Crippen LogP) is 3.69. The first-order valence-corrected chi connectivity index (χ1v) is 6.14. The molecule has 0 amide bonds. The third-order valence-electron chi connectivity index (χ3n) is 4.04. The molecule has 84 valence electrons. The molecule has 1 aliphatic rings. The van der Waals surface area contributed by atoms with Crippen molar-refractivity contribution < 1.29 is 0 Å². The maximum absolute atomic E-state index is 2.39. The van der Waals surface area contributed by atoms with E-state index in [1.807, 2.05) is 0 Å². The van der Waals surface area contributed by atoms with Crippen LogP contribution in [0.25, 0.3) is 10.9 Å². The normalized spacial score (nSPS) is 18.7. The van der Waals surface area contributed by atoms with Crippen LogP contribution >= 0.6 is 0 Å². The fraction of sp³-hybridized carbons (Fsp3) is 0.467. The number of para-hydroxylation sites is 1. The van der Waals surface area contributed by atoms with Gasteiger partial charge in [-0.2, -0.15) is 0 Å². The maximum Gasteiger partial charge on any atom is 0.0482 e. The molecule has 0 bridgehead atoms. The van der Waals surface area contributed by atoms with Crippen LogP contribution in [-0.4, -0.2) is 4.57 Å². The van der Waals surface area contributed by atoms with Gasteiger partial charge in [-0.25, -0.2) is 0 Å². The number of rotatable bonds is 0. The Labute approximate surface area is 97.1 Å². The predicted molar refractivity (Wildman–Crippen MR) is 68.7 cm³/mol. The molecule has 0 saturated carbocycles. The average molecular weight is 213 g/mol. The topological polar surface area (TPSA) is 4.93 Å². The minimum atomic E-state index is 0.469. The summed E-state index contributed by atoms with van der Waals surface area (Å²) in [6, 6.07) is 8.80. The van der Waals surface area contributed by atoms with E-state index in [-0.39, 0.29) is 0 Å². The van der Waals surface area contributed by atoms with Crippen LogP contribution < -0.4 is 0 Å². The van der Waals surface area contributed by atoms with Gasteiger partial charge in [0.2, 0.25) is 0 Å². The molecule has 0 N–H and O–H groups in total. The summed E-state index contributed by atoms with van der Waals surface area (Å²) < 4.78 is 2.39. The Bertz CT molecular complexity index is 546. The van der Waals surface area contributed by atoms with Crippen molar-refractivity contribution in [2.24, 2.45) is 12.5 Å². The highest BCUT2D eigenvalue weighted by Gasteiger charge is 2.28. The summed E-state index contributed by atoms with van der Waals surface area (Å²) in [5, 5.41) is 1.47. The highest BCUT2D eigenvalue weighted by molar-refractivity contribution is 5.85. The Morgan fingerprint density at radius 3 is 2.75 bits per heavy atom. The van der Waals surface area contributed by atoms with Crippen LogP contribution in [0.1, 0.15) is 31.5 Å². The second kappa shape index (κ2) is 3.13. The van der Waals surface area contributed by atoms with Gasteiger partial charge in [-0.3, -0.25) is 0 Å². The second-order valence-electron chi connectivity index (χ2n) is 5.84. The minimum absolute atomic E-state index is 0.469. The van der Waals surface area contributed by atoms with Crippen molar-refractivity contribution in [1.82, 2.24) is 4.57 Å². The summed E-state index contributed by atoms with van der Waals surface area (Å²) in [5.74, 6) is 0. The van der Waals surface area contributed by atoms with Crippen molar-refractivity contribution in [2.75, 3.05) is 0 Å². The number of nitrogens with zero attached hydrogens (tertiary/aromatic N) is 1. The first-order chi connectivity index (χ1) is 7.58. The molecule has 1 heterocycles. The molecule has 1 aromatic heterocycles. The number of aromatic nitrogens is 1. The van der Waals surface area contributed by atoms with Crippen molar-refractivity contribution in [3.63, 3.8) is 0 Å². The lowest BCUT2D eigenvalue weighted by atomic mass is 9.76. The summed E-state index contributed by atoms with van der Waals surface area (Å²) >= 11 is 0. The number of aryl methyl sites for hydroxylation is 1. The molecule has 0 unspecified atom stereocenters. The van der Waals surface area contributed by atoms with Gasteiger partial charge < -0.3 is 4.57 Å². The molecule has 16 heavy (non-hydrogen) atoms. The van der Waals surface area contributed by atoms with E-state index in [0.29, 0.717) is 5.41 Å². The molecule has 2 aromatic rings. The lowest BCUT2D eigenvalue weighted by Gasteiger charge is -2.30. The highest BCUT2D eigenvalue weighted by atomic mass is 15.0. The van der Waals surface area contributed by atoms with Crippen molar-refractivity contribution in [2.45, 2.75) is 33.1 Å². The summed E-state index contributed by atoms with van der Waals surface area (Å²) in [4.78, 5) is 0. The summed E-state index contributed by atoms with van der Waals surface area (Å²) in [6.07, 6.45) is 3.77. The van der Waals surface area contributed by atoms with E-state index in [1.165, 1.54) is 30.2 Å². The van der Waals surface area contributed by atoms with Gasteiger partial charge in [0, 0.05) is 23.6 Å². The quantitative estimate of drug-likeness (QED) is 0.629. The Hall–Kier alpha value is -1.24. The third kappa shape index (κ3) is 1.31. The maximum atomic E-state index is 2.39. The Balaban J connectivity index is 2.29. The van der Waals surface area contributed by atoms with Crippen molar-refractivity contribution in [3.05, 3.63) is 35.5 Å². The van der Waals surface area contributed by atoms with Crippen LogP contribution in [0, 0.1) is 5.41 Å². The Morgan fingerprint density at radius 2 is 1.94 bits per heavy atom. The van der Waals surface area contributed by atoms with Crippen LogP contribution in [0.2, 0.25) is 0 Å². The van der Waals surface area contributed by atoms with Gasteiger partial charge in [-0.15, -0.1) is 0 Å². The molecule has 3 rings (SSSR count). The van der Waals surface area contributed by atoms with Crippen LogP contribution in [0.5, 0.6) is 0 Å². The second-order valence-corrected chi connectivity index (χ2v) is 5.84. The number of hydrogen-bond donors (Lipinski definition) is 0. The van der Waals surface area contributed by atoms with Crippen LogP contribution in [-0.2, 0) is 19.9 Å². The van der Waals surface area contributed by atoms with Crippen molar-refractivity contribution >= 4 is 10.9 Å². The SMILES string of the molecule is Cn1c2c(c3ccccc31)CC(C)(C)CC2. The number of fused-ring (bicyclic) bond motifs is 3. The molecule has 0 spiro atoms. The van der Waals surface area contributed by atoms with Gasteiger partial charge in [-0.05, 0) is 36.3 Å². The fourth-order valence-corrected chi connectivity index (χ4v) is 3.06. The standard InChI is InChI=1S/C15H19N/c1-15(2)9-8-14-12(10-15)11-6-4-5-7-13(11)16(14)3/h4-7H,8-10H2,1-3H3. The zero-order valence-corrected chi connectivity index (χ0v) is 10.4. The fourth-order valence-electron chi connectivity index (χ4n) is 3.06. The molecule has 0 fully saturated rings. The summed E-state index contributed by atoms with van der Waals surface area (Å²) in [5.41, 5.74) is 5.01. The minimum Gasteiger partial charge on any atom is -0.347 e.